The molecule has 0 aromatic heterocycles. The first-order valence-corrected chi connectivity index (χ1v) is 14.9. The minimum absolute atomic E-state index is 0.0760. The first-order valence-electron chi connectivity index (χ1n) is 14.1. The van der Waals surface area contributed by atoms with Crippen molar-refractivity contribution in [1.29, 1.82) is 0 Å². The van der Waals surface area contributed by atoms with E-state index in [2.05, 4.69) is 5.32 Å². The second kappa shape index (κ2) is 11.4. The third kappa shape index (κ3) is 5.13. The lowest BCUT2D eigenvalue weighted by molar-refractivity contribution is -0.139. The average Bonchev–Trinajstić information content (AvgIpc) is 3.67. The van der Waals surface area contributed by atoms with Gasteiger partial charge in [0.05, 0.1) is 18.6 Å². The van der Waals surface area contributed by atoms with Crippen molar-refractivity contribution in [2.24, 2.45) is 17.8 Å². The largest absolute Gasteiger partial charge is 0.486 e. The first-order chi connectivity index (χ1) is 19.3. The number of fused-ring (bicyclic) bond motifs is 5. The molecular weight excluding hydrogens is 551 g/mol. The van der Waals surface area contributed by atoms with Gasteiger partial charge in [-0.1, -0.05) is 53.9 Å². The van der Waals surface area contributed by atoms with Gasteiger partial charge < -0.3 is 25.2 Å². The summed E-state index contributed by atoms with van der Waals surface area (Å²) in [5.41, 5.74) is 1.94. The highest BCUT2D eigenvalue weighted by Crippen LogP contribution is 2.50. The lowest BCUT2D eigenvalue weighted by Gasteiger charge is -2.41. The van der Waals surface area contributed by atoms with Crippen LogP contribution in [0.2, 0.25) is 10.0 Å². The molecule has 2 aromatic rings. The minimum Gasteiger partial charge on any atom is -0.486 e. The summed E-state index contributed by atoms with van der Waals surface area (Å²) in [5, 5.41) is 24.8. The van der Waals surface area contributed by atoms with Crippen LogP contribution in [0.25, 0.3) is 0 Å². The molecular formula is C31H34Cl2N2O5. The van der Waals surface area contributed by atoms with Crippen LogP contribution in [0.4, 0.5) is 0 Å². The Morgan fingerprint density at radius 1 is 1.10 bits per heavy atom. The molecule has 7 atom stereocenters. The van der Waals surface area contributed by atoms with E-state index in [9.17, 15) is 19.8 Å². The standard InChI is InChI=1S/C31H34Cl2N2O5/c32-21-8-7-19(24(33)14-21)16-35(27(37)13-20-12-17-5-6-18(20)11-17)25-15-23(31(39)34-9-10-36)28-22-3-1-2-4-26(22)40-30(28)29(25)38/h1-4,7-8,14-15,17-18,20,25,28-30,36,38H,5-6,9-13,16H2,(H,34,39)/t17?,18?,20?,25-,28+,29+,30+/m1/s1. The van der Waals surface area contributed by atoms with Crippen LogP contribution in [0.5, 0.6) is 5.75 Å². The summed E-state index contributed by atoms with van der Waals surface area (Å²) in [7, 11) is 0. The van der Waals surface area contributed by atoms with Crippen LogP contribution in [0.15, 0.2) is 54.1 Å². The Bertz CT molecular complexity index is 1330. The lowest BCUT2D eigenvalue weighted by Crippen LogP contribution is -2.55. The number of aliphatic hydroxyl groups is 2. The molecule has 1 aliphatic heterocycles. The van der Waals surface area contributed by atoms with Gasteiger partial charge in [0, 0.05) is 40.7 Å². The predicted octanol–water partition coefficient (Wildman–Crippen LogP) is 4.47. The second-order valence-electron chi connectivity index (χ2n) is 11.6. The molecule has 40 heavy (non-hydrogen) atoms. The second-order valence-corrected chi connectivity index (χ2v) is 12.4. The van der Waals surface area contributed by atoms with Crippen LogP contribution >= 0.6 is 23.2 Å². The molecule has 7 nitrogen and oxygen atoms in total. The predicted molar refractivity (Wildman–Crippen MR) is 152 cm³/mol. The number of ether oxygens (including phenoxy) is 1. The molecule has 212 valence electrons. The summed E-state index contributed by atoms with van der Waals surface area (Å²) in [6.07, 6.45) is 4.95. The number of carbonyl (C=O) groups excluding carboxylic acids is 2. The summed E-state index contributed by atoms with van der Waals surface area (Å²) < 4.78 is 6.23. The molecule has 0 radical (unpaired) electrons. The van der Waals surface area contributed by atoms with Gasteiger partial charge in [0.1, 0.15) is 18.0 Å². The smallest absolute Gasteiger partial charge is 0.247 e. The molecule has 2 bridgehead atoms. The Kier molecular flexibility index (Phi) is 7.83. The van der Waals surface area contributed by atoms with Gasteiger partial charge in [0.15, 0.2) is 0 Å². The van der Waals surface area contributed by atoms with E-state index in [1.807, 2.05) is 24.3 Å². The van der Waals surface area contributed by atoms with Crippen LogP contribution < -0.4 is 10.1 Å². The fraction of sp³-hybridized carbons (Fsp3) is 0.484. The molecule has 0 spiro atoms. The van der Waals surface area contributed by atoms with Gasteiger partial charge in [0.2, 0.25) is 11.8 Å². The molecule has 6 rings (SSSR count). The highest BCUT2D eigenvalue weighted by Gasteiger charge is 2.51. The van der Waals surface area contributed by atoms with Crippen LogP contribution in [-0.2, 0) is 16.1 Å². The third-order valence-electron chi connectivity index (χ3n) is 9.23. The van der Waals surface area contributed by atoms with Crippen LogP contribution in [0.3, 0.4) is 0 Å². The van der Waals surface area contributed by atoms with E-state index in [0.717, 1.165) is 12.0 Å². The first kappa shape index (κ1) is 27.6. The van der Waals surface area contributed by atoms with Gasteiger partial charge in [0.25, 0.3) is 0 Å². The number of para-hydroxylation sites is 1. The van der Waals surface area contributed by atoms with Crippen molar-refractivity contribution in [2.45, 2.75) is 62.8 Å². The minimum atomic E-state index is -1.08. The molecule has 2 saturated carbocycles. The average molecular weight is 586 g/mol. The van der Waals surface area contributed by atoms with E-state index in [4.69, 9.17) is 27.9 Å². The van der Waals surface area contributed by atoms with E-state index in [1.165, 1.54) is 19.3 Å². The maximum Gasteiger partial charge on any atom is 0.247 e. The summed E-state index contributed by atoms with van der Waals surface area (Å²) in [6, 6.07) is 11.8. The van der Waals surface area contributed by atoms with Crippen LogP contribution in [0, 0.1) is 17.8 Å². The van der Waals surface area contributed by atoms with Crippen molar-refractivity contribution in [3.63, 3.8) is 0 Å². The number of nitrogens with zero attached hydrogens (tertiary/aromatic N) is 1. The number of aliphatic hydroxyl groups excluding tert-OH is 2. The van der Waals surface area contributed by atoms with Crippen molar-refractivity contribution in [3.8, 4) is 5.75 Å². The van der Waals surface area contributed by atoms with Crippen LogP contribution in [0.1, 0.15) is 49.1 Å². The maximum absolute atomic E-state index is 14.1. The van der Waals surface area contributed by atoms with E-state index in [-0.39, 0.29) is 31.5 Å². The van der Waals surface area contributed by atoms with Gasteiger partial charge in [-0.2, -0.15) is 0 Å². The third-order valence-corrected chi connectivity index (χ3v) is 9.82. The van der Waals surface area contributed by atoms with E-state index in [0.29, 0.717) is 51.1 Å². The number of rotatable bonds is 8. The Hall–Kier alpha value is -2.58. The van der Waals surface area contributed by atoms with E-state index < -0.39 is 24.2 Å². The monoisotopic (exact) mass is 584 g/mol. The SMILES string of the molecule is O=C(NCCO)C1=C[C@@H](N(Cc2ccc(Cl)cc2Cl)C(=O)CC2CC3CCC2C3)[C@H](O)[C@H]2Oc3ccccc3[C@@H]12. The Morgan fingerprint density at radius 3 is 2.65 bits per heavy atom. The zero-order chi connectivity index (χ0) is 28.0. The number of hydrogen-bond acceptors (Lipinski definition) is 5. The molecule has 2 fully saturated rings. The number of carbonyl (C=O) groups is 2. The molecule has 4 aliphatic rings. The quantitative estimate of drug-likeness (QED) is 0.425. The molecule has 2 aromatic carbocycles. The number of amides is 2. The fourth-order valence-electron chi connectivity index (χ4n) is 7.35. The summed E-state index contributed by atoms with van der Waals surface area (Å²) in [5.74, 6) is 1.28. The Labute approximate surface area is 244 Å². The van der Waals surface area contributed by atoms with Crippen molar-refractivity contribution in [1.82, 2.24) is 10.2 Å². The van der Waals surface area contributed by atoms with Gasteiger partial charge in [-0.25, -0.2) is 0 Å². The van der Waals surface area contributed by atoms with Gasteiger partial charge in [-0.05, 0) is 66.9 Å². The van der Waals surface area contributed by atoms with Crippen molar-refractivity contribution < 1.29 is 24.5 Å². The Morgan fingerprint density at radius 2 is 1.93 bits per heavy atom. The van der Waals surface area contributed by atoms with Crippen molar-refractivity contribution in [2.75, 3.05) is 13.2 Å². The summed E-state index contributed by atoms with van der Waals surface area (Å²) >= 11 is 12.7. The molecule has 9 heteroatoms. The highest BCUT2D eigenvalue weighted by molar-refractivity contribution is 6.35. The molecule has 0 saturated heterocycles. The van der Waals surface area contributed by atoms with Crippen molar-refractivity contribution >= 4 is 35.0 Å². The van der Waals surface area contributed by atoms with Gasteiger partial charge >= 0.3 is 0 Å². The number of hydrogen-bond donors (Lipinski definition) is 3. The van der Waals surface area contributed by atoms with E-state index in [1.54, 1.807) is 29.2 Å². The molecule has 2 amide bonds. The van der Waals surface area contributed by atoms with E-state index >= 15 is 0 Å². The van der Waals surface area contributed by atoms with Gasteiger partial charge in [-0.3, -0.25) is 9.59 Å². The summed E-state index contributed by atoms with van der Waals surface area (Å²) in [6.45, 7) is 0.0514. The lowest BCUT2D eigenvalue weighted by atomic mass is 9.77. The zero-order valence-corrected chi connectivity index (χ0v) is 23.7. The molecule has 3 aliphatic carbocycles. The highest BCUT2D eigenvalue weighted by atomic mass is 35.5. The Balaban J connectivity index is 1.37. The number of nitrogens with one attached hydrogen (secondary N) is 1. The molecule has 3 unspecified atom stereocenters. The zero-order valence-electron chi connectivity index (χ0n) is 22.1. The fourth-order valence-corrected chi connectivity index (χ4v) is 7.82. The van der Waals surface area contributed by atoms with Crippen molar-refractivity contribution in [3.05, 3.63) is 75.3 Å². The topological polar surface area (TPSA) is 99.1 Å². The van der Waals surface area contributed by atoms with Gasteiger partial charge in [-0.15, -0.1) is 0 Å². The number of halogens is 2. The maximum atomic E-state index is 14.1. The number of benzene rings is 2. The van der Waals surface area contributed by atoms with Crippen LogP contribution in [-0.4, -0.2) is 58.3 Å². The normalized spacial score (nSPS) is 29.8. The molecule has 1 heterocycles. The summed E-state index contributed by atoms with van der Waals surface area (Å²) in [4.78, 5) is 29.2. The molecule has 3 N–H and O–H groups in total.